The number of ether oxygens (including phenoxy) is 5. The molecule has 0 aromatic heterocycles. The van der Waals surface area contributed by atoms with E-state index >= 15 is 0 Å². The first-order valence-electron chi connectivity index (χ1n) is 13.7. The van der Waals surface area contributed by atoms with Crippen LogP contribution in [0.5, 0.6) is 0 Å². The first-order valence-corrected chi connectivity index (χ1v) is 13.7. The van der Waals surface area contributed by atoms with Crippen LogP contribution in [0.15, 0.2) is 36.1 Å². The highest BCUT2D eigenvalue weighted by Gasteiger charge is 2.48. The van der Waals surface area contributed by atoms with E-state index < -0.39 is 66.1 Å². The molecule has 0 aromatic rings. The highest BCUT2D eigenvalue weighted by molar-refractivity contribution is 6.13. The van der Waals surface area contributed by atoms with Crippen molar-refractivity contribution in [1.29, 1.82) is 0 Å². The lowest BCUT2D eigenvalue weighted by atomic mass is 9.85. The average molecular weight is 628 g/mol. The summed E-state index contributed by atoms with van der Waals surface area (Å²) in [5, 5.41) is 42.4. The SMILES string of the molecule is CC1(OCCOCCNCC(=O)CCN2C(=O)C=CC2=O)C=C(O[C@@H]2O[C@H](C(=O)O)[C@@H](O)[C@H](O)[C@H]2O)C=CC1COC(N)=O. The van der Waals surface area contributed by atoms with Gasteiger partial charge in [0.05, 0.1) is 32.0 Å². The minimum absolute atomic E-state index is 0.0157. The molecule has 3 amide bonds. The summed E-state index contributed by atoms with van der Waals surface area (Å²) in [5.41, 5.74) is 3.92. The maximum absolute atomic E-state index is 12.0. The van der Waals surface area contributed by atoms with Crippen LogP contribution < -0.4 is 11.1 Å². The lowest BCUT2D eigenvalue weighted by Crippen LogP contribution is -2.60. The summed E-state index contributed by atoms with van der Waals surface area (Å²) >= 11 is 0. The van der Waals surface area contributed by atoms with Gasteiger partial charge in [0.25, 0.3) is 11.8 Å². The number of carboxylic acid groups (broad SMARTS) is 1. The second-order valence-corrected chi connectivity index (χ2v) is 10.3. The molecule has 3 aliphatic rings. The number of carbonyl (C=O) groups is 5. The number of imide groups is 1. The van der Waals surface area contributed by atoms with Gasteiger partial charge in [-0.3, -0.25) is 19.3 Å². The first kappa shape index (κ1) is 34.8. The van der Waals surface area contributed by atoms with Crippen LogP contribution in [-0.2, 0) is 42.9 Å². The lowest BCUT2D eigenvalue weighted by Gasteiger charge is -2.40. The van der Waals surface area contributed by atoms with Crippen LogP contribution in [0.1, 0.15) is 13.3 Å². The number of carboxylic acids is 1. The summed E-state index contributed by atoms with van der Waals surface area (Å²) in [6, 6.07) is 0. The van der Waals surface area contributed by atoms with E-state index in [1.807, 2.05) is 0 Å². The van der Waals surface area contributed by atoms with Crippen molar-refractivity contribution < 1.29 is 68.1 Å². The summed E-state index contributed by atoms with van der Waals surface area (Å²) in [7, 11) is 0. The molecule has 0 aromatic carbocycles. The number of nitrogens with one attached hydrogen (secondary N) is 1. The maximum atomic E-state index is 12.0. The molecule has 1 saturated heterocycles. The Morgan fingerprint density at radius 1 is 1.05 bits per heavy atom. The van der Waals surface area contributed by atoms with E-state index in [9.17, 15) is 44.4 Å². The van der Waals surface area contributed by atoms with Gasteiger partial charge in [-0.1, -0.05) is 6.08 Å². The predicted molar refractivity (Wildman–Crippen MR) is 145 cm³/mol. The van der Waals surface area contributed by atoms with Crippen LogP contribution in [0.25, 0.3) is 0 Å². The average Bonchev–Trinajstić information content (AvgIpc) is 3.29. The van der Waals surface area contributed by atoms with Crippen LogP contribution in [0.3, 0.4) is 0 Å². The lowest BCUT2D eigenvalue weighted by molar-refractivity contribution is -0.283. The molecule has 17 nitrogen and oxygen atoms in total. The molecule has 2 unspecified atom stereocenters. The van der Waals surface area contributed by atoms with Gasteiger partial charge in [0.1, 0.15) is 36.5 Å². The van der Waals surface area contributed by atoms with Gasteiger partial charge in [-0.25, -0.2) is 9.59 Å². The Kier molecular flexibility index (Phi) is 12.5. The second kappa shape index (κ2) is 15.8. The molecule has 0 bridgehead atoms. The van der Waals surface area contributed by atoms with Gasteiger partial charge in [0, 0.05) is 37.6 Å². The Labute approximate surface area is 251 Å². The molecule has 44 heavy (non-hydrogen) atoms. The number of allylic oxidation sites excluding steroid dienone is 1. The molecule has 3 rings (SSSR count). The number of primary amides is 1. The van der Waals surface area contributed by atoms with Gasteiger partial charge in [0.2, 0.25) is 6.29 Å². The Hall–Kier alpha value is -3.71. The van der Waals surface area contributed by atoms with Crippen LogP contribution >= 0.6 is 0 Å². The third-order valence-corrected chi connectivity index (χ3v) is 7.03. The predicted octanol–water partition coefficient (Wildman–Crippen LogP) is -2.67. The fourth-order valence-electron chi connectivity index (χ4n) is 4.51. The highest BCUT2D eigenvalue weighted by atomic mass is 16.7. The van der Waals surface area contributed by atoms with E-state index in [4.69, 9.17) is 29.4 Å². The normalized spacial score (nSPS) is 29.9. The number of hydrogen-bond donors (Lipinski definition) is 6. The molecule has 0 radical (unpaired) electrons. The fraction of sp³-hybridized carbons (Fsp3) is 0.593. The number of hydrogen-bond acceptors (Lipinski definition) is 14. The van der Waals surface area contributed by atoms with Crippen molar-refractivity contribution in [3.05, 3.63) is 36.1 Å². The molecule has 2 heterocycles. The number of aliphatic carboxylic acids is 1. The minimum atomic E-state index is -1.88. The van der Waals surface area contributed by atoms with Crippen molar-refractivity contribution in [3.8, 4) is 0 Å². The number of nitrogens with zero attached hydrogens (tertiary/aromatic N) is 1. The molecule has 0 spiro atoms. The van der Waals surface area contributed by atoms with Crippen LogP contribution in [0, 0.1) is 5.92 Å². The molecule has 2 aliphatic heterocycles. The van der Waals surface area contributed by atoms with Gasteiger partial charge >= 0.3 is 12.1 Å². The van der Waals surface area contributed by atoms with Crippen molar-refractivity contribution in [3.63, 3.8) is 0 Å². The largest absolute Gasteiger partial charge is 0.479 e. The van der Waals surface area contributed by atoms with Crippen LogP contribution in [-0.4, -0.2) is 137 Å². The second-order valence-electron chi connectivity index (χ2n) is 10.3. The molecule has 7 atom stereocenters. The maximum Gasteiger partial charge on any atom is 0.404 e. The van der Waals surface area contributed by atoms with E-state index in [0.717, 1.165) is 17.1 Å². The number of rotatable bonds is 17. The number of carbonyl (C=O) groups excluding carboxylic acids is 4. The Morgan fingerprint density at radius 3 is 2.41 bits per heavy atom. The summed E-state index contributed by atoms with van der Waals surface area (Å²) in [4.78, 5) is 58.6. The number of aliphatic hydroxyl groups is 3. The topological polar surface area (TPSA) is 254 Å². The van der Waals surface area contributed by atoms with E-state index in [2.05, 4.69) is 5.32 Å². The molecule has 1 aliphatic carbocycles. The molecular formula is C27H37N3O14. The Balaban J connectivity index is 1.45. The number of Topliss-reactive ketones (excluding diaryl/α,β-unsaturated/α-hetero) is 1. The van der Waals surface area contributed by atoms with E-state index in [1.54, 1.807) is 13.0 Å². The summed E-state index contributed by atoms with van der Waals surface area (Å²) < 4.78 is 27.3. The first-order chi connectivity index (χ1) is 20.8. The molecule has 7 N–H and O–H groups in total. The zero-order chi connectivity index (χ0) is 32.4. The summed E-state index contributed by atoms with van der Waals surface area (Å²) in [6.07, 6.45) is -3.13. The molecule has 244 valence electrons. The monoisotopic (exact) mass is 627 g/mol. The molecule has 1 fully saturated rings. The highest BCUT2D eigenvalue weighted by Crippen LogP contribution is 2.33. The quantitative estimate of drug-likeness (QED) is 0.0710. The zero-order valence-electron chi connectivity index (χ0n) is 23.9. The van der Waals surface area contributed by atoms with Crippen molar-refractivity contribution in [2.24, 2.45) is 11.7 Å². The fourth-order valence-corrected chi connectivity index (χ4v) is 4.51. The van der Waals surface area contributed by atoms with Crippen molar-refractivity contribution in [2.75, 3.05) is 46.1 Å². The standard InChI is InChI=1S/C27H37N3O14/c1-27(42-11-10-40-9-7-29-13-16(31)6-8-30-18(32)4-5-19(30)33)12-17(3-2-15(27)14-41-26(28)39)43-25-22(36)20(34)21(35)23(44-25)24(37)38/h2-5,12,15,20-23,25,29,34-36H,6-11,13-14H2,1H3,(H2,28,39)(H,37,38)/t15?,20-,21-,22+,23-,25+,27?/m0/s1. The third-order valence-electron chi connectivity index (χ3n) is 7.03. The van der Waals surface area contributed by atoms with Crippen LogP contribution in [0.4, 0.5) is 4.79 Å². The van der Waals surface area contributed by atoms with Gasteiger partial charge in [-0.15, -0.1) is 0 Å². The zero-order valence-corrected chi connectivity index (χ0v) is 23.9. The minimum Gasteiger partial charge on any atom is -0.479 e. The van der Waals surface area contributed by atoms with E-state index in [-0.39, 0.29) is 57.5 Å². The van der Waals surface area contributed by atoms with Gasteiger partial charge in [-0.05, 0) is 19.1 Å². The molecular weight excluding hydrogens is 590 g/mol. The number of amides is 3. The Morgan fingerprint density at radius 2 is 1.75 bits per heavy atom. The van der Waals surface area contributed by atoms with Crippen molar-refractivity contribution >= 4 is 29.7 Å². The molecule has 0 saturated carbocycles. The number of nitrogens with two attached hydrogens (primary N) is 1. The van der Waals surface area contributed by atoms with Gasteiger partial charge in [-0.2, -0.15) is 0 Å². The molecule has 17 heteroatoms. The van der Waals surface area contributed by atoms with E-state index in [1.165, 1.54) is 12.2 Å². The number of ketones is 1. The number of aliphatic hydroxyl groups excluding tert-OH is 3. The van der Waals surface area contributed by atoms with E-state index in [0.29, 0.717) is 6.54 Å². The van der Waals surface area contributed by atoms with Gasteiger partial charge < -0.3 is 55.2 Å². The smallest absolute Gasteiger partial charge is 0.404 e. The van der Waals surface area contributed by atoms with Crippen molar-refractivity contribution in [1.82, 2.24) is 10.2 Å². The Bertz CT molecular complexity index is 1150. The summed E-state index contributed by atoms with van der Waals surface area (Å²) in [6.45, 7) is 2.30. The third kappa shape index (κ3) is 9.39. The van der Waals surface area contributed by atoms with Crippen LogP contribution in [0.2, 0.25) is 0 Å². The van der Waals surface area contributed by atoms with Gasteiger partial charge in [0.15, 0.2) is 6.10 Å². The van der Waals surface area contributed by atoms with Crippen molar-refractivity contribution in [2.45, 2.75) is 49.7 Å². The summed E-state index contributed by atoms with van der Waals surface area (Å²) in [5.74, 6) is -3.10.